The van der Waals surface area contributed by atoms with Crippen LogP contribution in [0.5, 0.6) is 0 Å². The van der Waals surface area contributed by atoms with Crippen LogP contribution in [0.2, 0.25) is 0 Å². The number of carbonyl (C=O) groups is 2. The van der Waals surface area contributed by atoms with Gasteiger partial charge in [-0.3, -0.25) is 9.59 Å². The van der Waals surface area contributed by atoms with Gasteiger partial charge in [0, 0.05) is 24.2 Å². The van der Waals surface area contributed by atoms with Gasteiger partial charge in [0.1, 0.15) is 5.60 Å². The van der Waals surface area contributed by atoms with Crippen molar-refractivity contribution < 1.29 is 24.2 Å². The standard InChI is InChI=1S/C24H36O5/c1-14(25)23(28-15(2)26)11-8-18-17-13-22(5)24(29-22)12-16(27)6-9-21(24,4)19(17)7-10-20(18,23)3/h16-19,27H,6-13H2,1-5H3/t16?,17?,18?,19?,20?,21?,22-,23?,24?/m0/s1. The van der Waals surface area contributed by atoms with Crippen LogP contribution in [-0.2, 0) is 19.1 Å². The van der Waals surface area contributed by atoms with Crippen molar-refractivity contribution in [3.05, 3.63) is 0 Å². The molecule has 1 saturated heterocycles. The van der Waals surface area contributed by atoms with Crippen LogP contribution in [0, 0.1) is 28.6 Å². The molecule has 0 aromatic carbocycles. The number of rotatable bonds is 2. The van der Waals surface area contributed by atoms with Gasteiger partial charge in [0.15, 0.2) is 11.4 Å². The molecule has 1 aliphatic heterocycles. The molecule has 5 fully saturated rings. The van der Waals surface area contributed by atoms with E-state index in [4.69, 9.17) is 9.47 Å². The lowest BCUT2D eigenvalue weighted by Gasteiger charge is -2.61. The molecule has 0 aromatic rings. The number of ketones is 1. The number of hydrogen-bond donors (Lipinski definition) is 1. The van der Waals surface area contributed by atoms with E-state index in [9.17, 15) is 14.7 Å². The molecule has 29 heavy (non-hydrogen) atoms. The number of hydrogen-bond acceptors (Lipinski definition) is 5. The van der Waals surface area contributed by atoms with Gasteiger partial charge >= 0.3 is 5.97 Å². The number of Topliss-reactive ketones (excluding diaryl/α,β-unsaturated/α-hetero) is 1. The quantitative estimate of drug-likeness (QED) is 0.560. The summed E-state index contributed by atoms with van der Waals surface area (Å²) in [6.07, 6.45) is 6.90. The van der Waals surface area contributed by atoms with Crippen LogP contribution in [0.1, 0.15) is 86.0 Å². The second-order valence-corrected chi connectivity index (χ2v) is 11.5. The Balaban J connectivity index is 1.54. The number of aliphatic hydroxyl groups is 1. The summed E-state index contributed by atoms with van der Waals surface area (Å²) >= 11 is 0. The third-order valence-corrected chi connectivity index (χ3v) is 10.5. The maximum absolute atomic E-state index is 12.9. The van der Waals surface area contributed by atoms with Crippen LogP contribution in [0.3, 0.4) is 0 Å². The second-order valence-electron chi connectivity index (χ2n) is 11.5. The average molecular weight is 405 g/mol. The number of aliphatic hydroxyl groups excluding tert-OH is 1. The molecule has 8 unspecified atom stereocenters. The fourth-order valence-corrected chi connectivity index (χ4v) is 9.24. The summed E-state index contributed by atoms with van der Waals surface area (Å²) < 4.78 is 12.4. The van der Waals surface area contributed by atoms with Crippen molar-refractivity contribution in [1.82, 2.24) is 0 Å². The summed E-state index contributed by atoms with van der Waals surface area (Å²) in [4.78, 5) is 24.8. The predicted octanol–water partition coefficient (Wildman–Crippen LogP) is 3.80. The molecule has 4 saturated carbocycles. The molecule has 5 nitrogen and oxygen atoms in total. The normalized spacial score (nSPS) is 57.7. The Morgan fingerprint density at radius 2 is 1.55 bits per heavy atom. The van der Waals surface area contributed by atoms with Crippen molar-refractivity contribution in [2.45, 2.75) is 109 Å². The fourth-order valence-electron chi connectivity index (χ4n) is 9.24. The Bertz CT molecular complexity index is 779. The Hall–Kier alpha value is -0.940. The summed E-state index contributed by atoms with van der Waals surface area (Å²) in [5.41, 5.74) is -1.56. The Morgan fingerprint density at radius 3 is 2.21 bits per heavy atom. The van der Waals surface area contributed by atoms with E-state index in [2.05, 4.69) is 20.8 Å². The Morgan fingerprint density at radius 1 is 0.931 bits per heavy atom. The van der Waals surface area contributed by atoms with Crippen LogP contribution >= 0.6 is 0 Å². The lowest BCUT2D eigenvalue weighted by Crippen LogP contribution is -2.63. The van der Waals surface area contributed by atoms with Crippen LogP contribution < -0.4 is 0 Å². The molecule has 0 bridgehead atoms. The molecule has 0 aromatic heterocycles. The van der Waals surface area contributed by atoms with E-state index in [1.165, 1.54) is 6.92 Å². The SMILES string of the molecule is CC(=O)OC1(C(C)=O)CCC2C3C[C@]4(C)OC45CC(O)CCC5(C)C3CCC21C. The first kappa shape index (κ1) is 20.0. The van der Waals surface area contributed by atoms with Gasteiger partial charge in [-0.15, -0.1) is 0 Å². The van der Waals surface area contributed by atoms with Gasteiger partial charge in [-0.1, -0.05) is 13.8 Å². The zero-order valence-corrected chi connectivity index (χ0v) is 18.5. The number of epoxide rings is 1. The van der Waals surface area contributed by atoms with Gasteiger partial charge in [0.25, 0.3) is 0 Å². The smallest absolute Gasteiger partial charge is 0.303 e. The molecule has 1 heterocycles. The van der Waals surface area contributed by atoms with Gasteiger partial charge in [0.2, 0.25) is 0 Å². The maximum atomic E-state index is 12.9. The highest BCUT2D eigenvalue weighted by molar-refractivity contribution is 5.89. The Labute approximate surface area is 173 Å². The largest absolute Gasteiger partial charge is 0.451 e. The number of carbonyl (C=O) groups excluding carboxylic acids is 2. The molecule has 9 atom stereocenters. The van der Waals surface area contributed by atoms with Crippen molar-refractivity contribution in [3.8, 4) is 0 Å². The summed E-state index contributed by atoms with van der Waals surface area (Å²) in [6.45, 7) is 9.88. The molecular weight excluding hydrogens is 368 g/mol. The first-order valence-electron chi connectivity index (χ1n) is 11.5. The first-order valence-corrected chi connectivity index (χ1v) is 11.5. The van der Waals surface area contributed by atoms with E-state index in [-0.39, 0.29) is 39.9 Å². The summed E-state index contributed by atoms with van der Waals surface area (Å²) in [5, 5.41) is 10.4. The van der Waals surface area contributed by atoms with Crippen molar-refractivity contribution in [1.29, 1.82) is 0 Å². The van der Waals surface area contributed by atoms with Gasteiger partial charge < -0.3 is 14.6 Å². The Kier molecular flexibility index (Phi) is 3.89. The molecule has 1 spiro atoms. The van der Waals surface area contributed by atoms with Gasteiger partial charge in [0.05, 0.1) is 11.7 Å². The molecule has 162 valence electrons. The predicted molar refractivity (Wildman–Crippen MR) is 107 cm³/mol. The fraction of sp³-hybridized carbons (Fsp3) is 0.917. The van der Waals surface area contributed by atoms with Crippen molar-refractivity contribution in [2.75, 3.05) is 0 Å². The van der Waals surface area contributed by atoms with Gasteiger partial charge in [-0.25, -0.2) is 0 Å². The second kappa shape index (κ2) is 5.64. The van der Waals surface area contributed by atoms with E-state index in [0.29, 0.717) is 24.2 Å². The van der Waals surface area contributed by atoms with E-state index in [1.807, 2.05) is 0 Å². The van der Waals surface area contributed by atoms with Crippen LogP contribution in [0.25, 0.3) is 0 Å². The highest BCUT2D eigenvalue weighted by atomic mass is 16.6. The maximum Gasteiger partial charge on any atom is 0.303 e. The van der Waals surface area contributed by atoms with Crippen LogP contribution in [0.15, 0.2) is 0 Å². The number of fused-ring (bicyclic) bond motifs is 4. The molecule has 5 heteroatoms. The molecule has 5 rings (SSSR count). The minimum atomic E-state index is -0.974. The van der Waals surface area contributed by atoms with Crippen molar-refractivity contribution in [2.24, 2.45) is 28.6 Å². The lowest BCUT2D eigenvalue weighted by atomic mass is 9.42. The molecule has 4 aliphatic carbocycles. The van der Waals surface area contributed by atoms with E-state index in [0.717, 1.165) is 44.9 Å². The van der Waals surface area contributed by atoms with Crippen LogP contribution in [0.4, 0.5) is 0 Å². The zero-order chi connectivity index (χ0) is 21.0. The third kappa shape index (κ3) is 2.14. The molecule has 5 aliphatic rings. The average Bonchev–Trinajstić information content (AvgIpc) is 3.09. The number of esters is 1. The van der Waals surface area contributed by atoms with Crippen molar-refractivity contribution in [3.63, 3.8) is 0 Å². The molecule has 0 amide bonds. The van der Waals surface area contributed by atoms with E-state index < -0.39 is 5.60 Å². The molecule has 1 N–H and O–H groups in total. The third-order valence-electron chi connectivity index (χ3n) is 10.5. The summed E-state index contributed by atoms with van der Waals surface area (Å²) in [6, 6.07) is 0. The van der Waals surface area contributed by atoms with Gasteiger partial charge in [-0.2, -0.15) is 0 Å². The minimum absolute atomic E-state index is 0.00203. The highest BCUT2D eigenvalue weighted by Crippen LogP contribution is 2.78. The molecule has 0 radical (unpaired) electrons. The topological polar surface area (TPSA) is 76.1 Å². The monoisotopic (exact) mass is 404 g/mol. The zero-order valence-electron chi connectivity index (χ0n) is 18.5. The summed E-state index contributed by atoms with van der Waals surface area (Å²) in [5.74, 6) is 1.04. The van der Waals surface area contributed by atoms with E-state index >= 15 is 0 Å². The van der Waals surface area contributed by atoms with Crippen molar-refractivity contribution >= 4 is 11.8 Å². The summed E-state index contributed by atoms with van der Waals surface area (Å²) in [7, 11) is 0. The lowest BCUT2D eigenvalue weighted by molar-refractivity contribution is -0.191. The number of ether oxygens (including phenoxy) is 2. The first-order chi connectivity index (χ1) is 13.4. The van der Waals surface area contributed by atoms with Crippen LogP contribution in [-0.4, -0.2) is 39.8 Å². The highest BCUT2D eigenvalue weighted by Gasteiger charge is 2.82. The minimum Gasteiger partial charge on any atom is -0.451 e. The van der Waals surface area contributed by atoms with Gasteiger partial charge in [-0.05, 0) is 76.5 Å². The van der Waals surface area contributed by atoms with E-state index in [1.54, 1.807) is 6.92 Å². The molecular formula is C24H36O5.